The van der Waals surface area contributed by atoms with Gasteiger partial charge >= 0.3 is 6.03 Å². The highest BCUT2D eigenvalue weighted by molar-refractivity contribution is 7.92. The van der Waals surface area contributed by atoms with Crippen molar-refractivity contribution in [2.75, 3.05) is 26.7 Å². The molecule has 1 saturated heterocycles. The van der Waals surface area contributed by atoms with Gasteiger partial charge in [-0.05, 0) is 56.2 Å². The molecule has 2 heterocycles. The molecule has 0 aromatic heterocycles. The zero-order valence-corrected chi connectivity index (χ0v) is 19.2. The minimum Gasteiger partial charge on any atom is -0.488 e. The summed E-state index contributed by atoms with van der Waals surface area (Å²) in [6.45, 7) is 2.20. The topological polar surface area (TPSA) is 66.9 Å². The summed E-state index contributed by atoms with van der Waals surface area (Å²) in [5.41, 5.74) is -0.361. The molecule has 0 bridgehead atoms. The highest BCUT2D eigenvalue weighted by Gasteiger charge is 2.61. The Balaban J connectivity index is 2.00. The molecule has 172 valence electrons. The lowest BCUT2D eigenvalue weighted by molar-refractivity contribution is 0.0541. The van der Waals surface area contributed by atoms with Crippen LogP contribution in [0.1, 0.15) is 25.3 Å². The van der Waals surface area contributed by atoms with Crippen LogP contribution in [0.25, 0.3) is 0 Å². The third kappa shape index (κ3) is 3.25. The van der Waals surface area contributed by atoms with Gasteiger partial charge in [-0.3, -0.25) is 0 Å². The number of ether oxygens (including phenoxy) is 1. The first-order chi connectivity index (χ1) is 15.1. The average molecular weight is 485 g/mol. The number of benzene rings is 2. The number of halogens is 3. The van der Waals surface area contributed by atoms with Crippen LogP contribution >= 0.6 is 11.6 Å². The number of carbonyl (C=O) groups is 1. The lowest BCUT2D eigenvalue weighted by Gasteiger charge is -2.52. The molecule has 0 spiro atoms. The zero-order chi connectivity index (χ0) is 23.3. The molecule has 4 rings (SSSR count). The molecule has 2 aliphatic rings. The van der Waals surface area contributed by atoms with Crippen molar-refractivity contribution in [2.45, 2.75) is 35.4 Å². The van der Waals surface area contributed by atoms with E-state index in [-0.39, 0.29) is 30.0 Å². The molecule has 0 N–H and O–H groups in total. The maximum atomic E-state index is 15.3. The number of sulfone groups is 1. The van der Waals surface area contributed by atoms with Crippen LogP contribution in [-0.4, -0.2) is 57.0 Å². The number of nitrogens with zero attached hydrogens (tertiary/aromatic N) is 2. The van der Waals surface area contributed by atoms with Gasteiger partial charge in [-0.15, -0.1) is 0 Å². The van der Waals surface area contributed by atoms with Crippen molar-refractivity contribution in [1.29, 1.82) is 0 Å². The molecule has 2 aliphatic heterocycles. The number of amides is 2. The summed E-state index contributed by atoms with van der Waals surface area (Å²) in [4.78, 5) is 15.9. The first-order valence-electron chi connectivity index (χ1n) is 10.3. The van der Waals surface area contributed by atoms with Crippen molar-refractivity contribution >= 4 is 27.5 Å². The molecule has 2 aromatic rings. The van der Waals surface area contributed by atoms with E-state index in [1.54, 1.807) is 14.0 Å². The van der Waals surface area contributed by atoms with E-state index in [0.717, 1.165) is 12.1 Å². The van der Waals surface area contributed by atoms with Crippen molar-refractivity contribution in [3.63, 3.8) is 0 Å². The van der Waals surface area contributed by atoms with Gasteiger partial charge in [0.05, 0.1) is 16.5 Å². The van der Waals surface area contributed by atoms with E-state index in [9.17, 15) is 17.6 Å². The third-order valence-corrected chi connectivity index (χ3v) is 9.16. The second-order valence-electron chi connectivity index (χ2n) is 8.00. The molecule has 0 aliphatic carbocycles. The predicted octanol–water partition coefficient (Wildman–Crippen LogP) is 4.22. The SMILES string of the molecule is CCN(C)C(=O)N1CCC[C@@]2(S(=O)(=O)c3ccc(Cl)cc3)c3c(F)ccc(F)c3OCC12. The standard InChI is InChI=1S/C22H23ClF2N2O4S/c1-3-26(2)21(28)27-12-4-11-22(32(29,30)15-7-5-14(23)6-8-15)18(27)13-31-20-17(25)10-9-16(24)19(20)22/h5-10,18H,3-4,11-13H2,1-2H3/t18?,22-/m0/s1. The second-order valence-corrected chi connectivity index (χ2v) is 10.6. The number of fused-ring (bicyclic) bond motifs is 3. The molecule has 10 heteroatoms. The van der Waals surface area contributed by atoms with E-state index in [4.69, 9.17) is 16.3 Å². The fraction of sp³-hybridized carbons (Fsp3) is 0.409. The normalized spacial score (nSPS) is 22.5. The summed E-state index contributed by atoms with van der Waals surface area (Å²) in [5, 5.41) is 0.340. The van der Waals surface area contributed by atoms with Crippen molar-refractivity contribution < 1.29 is 26.7 Å². The van der Waals surface area contributed by atoms with Crippen LogP contribution in [-0.2, 0) is 14.6 Å². The molecule has 2 atom stereocenters. The Morgan fingerprint density at radius 1 is 1.22 bits per heavy atom. The van der Waals surface area contributed by atoms with Crippen molar-refractivity contribution in [2.24, 2.45) is 0 Å². The minimum absolute atomic E-state index is 0.0129. The maximum Gasteiger partial charge on any atom is 0.320 e. The Bertz CT molecular complexity index is 1160. The number of rotatable bonds is 3. The largest absolute Gasteiger partial charge is 0.488 e. The minimum atomic E-state index is -4.31. The number of piperidine rings is 1. The van der Waals surface area contributed by atoms with E-state index in [2.05, 4.69) is 0 Å². The van der Waals surface area contributed by atoms with Gasteiger partial charge < -0.3 is 14.5 Å². The Labute approximate surface area is 190 Å². The number of likely N-dealkylation sites (tertiary alicyclic amines) is 1. The van der Waals surface area contributed by atoms with Gasteiger partial charge in [-0.25, -0.2) is 22.0 Å². The number of carbonyl (C=O) groups excluding carboxylic acids is 1. The van der Waals surface area contributed by atoms with Crippen LogP contribution in [0.2, 0.25) is 5.02 Å². The van der Waals surface area contributed by atoms with E-state index < -0.39 is 44.0 Å². The molecule has 1 unspecified atom stereocenters. The fourth-order valence-electron chi connectivity index (χ4n) is 4.69. The lowest BCUT2D eigenvalue weighted by Crippen LogP contribution is -2.65. The maximum absolute atomic E-state index is 15.3. The van der Waals surface area contributed by atoms with Crippen LogP contribution in [0.3, 0.4) is 0 Å². The monoisotopic (exact) mass is 484 g/mol. The summed E-state index contributed by atoms with van der Waals surface area (Å²) in [6, 6.07) is 5.92. The van der Waals surface area contributed by atoms with Gasteiger partial charge in [-0.1, -0.05) is 11.6 Å². The molecule has 0 saturated carbocycles. The van der Waals surface area contributed by atoms with Gasteiger partial charge in [0.1, 0.15) is 17.2 Å². The van der Waals surface area contributed by atoms with Gasteiger partial charge in [0.25, 0.3) is 0 Å². The summed E-state index contributed by atoms with van der Waals surface area (Å²) >= 11 is 5.94. The number of urea groups is 1. The van der Waals surface area contributed by atoms with Gasteiger partial charge in [0.15, 0.2) is 21.4 Å². The average Bonchev–Trinajstić information content (AvgIpc) is 2.79. The molecule has 2 aromatic carbocycles. The highest BCUT2D eigenvalue weighted by atomic mass is 35.5. The van der Waals surface area contributed by atoms with Crippen molar-refractivity contribution in [1.82, 2.24) is 9.80 Å². The molecule has 2 amide bonds. The summed E-state index contributed by atoms with van der Waals surface area (Å²) in [5.74, 6) is -2.15. The predicted molar refractivity (Wildman–Crippen MR) is 116 cm³/mol. The zero-order valence-electron chi connectivity index (χ0n) is 17.6. The van der Waals surface area contributed by atoms with Crippen molar-refractivity contribution in [3.8, 4) is 5.75 Å². The van der Waals surface area contributed by atoms with Gasteiger partial charge in [0.2, 0.25) is 0 Å². The summed E-state index contributed by atoms with van der Waals surface area (Å²) < 4.78 is 61.9. The fourth-order valence-corrected chi connectivity index (χ4v) is 7.16. The van der Waals surface area contributed by atoms with E-state index in [0.29, 0.717) is 18.0 Å². The lowest BCUT2D eigenvalue weighted by atomic mass is 9.80. The Morgan fingerprint density at radius 3 is 2.53 bits per heavy atom. The quantitative estimate of drug-likeness (QED) is 0.654. The Hall–Kier alpha value is -2.39. The first kappa shape index (κ1) is 22.8. The Kier molecular flexibility index (Phi) is 5.83. The van der Waals surface area contributed by atoms with E-state index >= 15 is 4.39 Å². The van der Waals surface area contributed by atoms with Crippen LogP contribution in [0.4, 0.5) is 13.6 Å². The highest BCUT2D eigenvalue weighted by Crippen LogP contribution is 2.53. The molecule has 32 heavy (non-hydrogen) atoms. The van der Waals surface area contributed by atoms with Gasteiger partial charge in [0, 0.05) is 25.2 Å². The second kappa shape index (κ2) is 8.19. The summed E-state index contributed by atoms with van der Waals surface area (Å²) in [7, 11) is -2.71. The molecular weight excluding hydrogens is 462 g/mol. The smallest absolute Gasteiger partial charge is 0.320 e. The molecule has 6 nitrogen and oxygen atoms in total. The van der Waals surface area contributed by atoms with E-state index in [1.807, 2.05) is 0 Å². The summed E-state index contributed by atoms with van der Waals surface area (Å²) in [6.07, 6.45) is 0.307. The number of hydrogen-bond acceptors (Lipinski definition) is 4. The first-order valence-corrected chi connectivity index (χ1v) is 12.1. The van der Waals surface area contributed by atoms with Crippen LogP contribution < -0.4 is 4.74 Å². The molecular formula is C22H23ClF2N2O4S. The molecule has 1 fully saturated rings. The van der Waals surface area contributed by atoms with Crippen molar-refractivity contribution in [3.05, 3.63) is 58.6 Å². The van der Waals surface area contributed by atoms with Gasteiger partial charge in [-0.2, -0.15) is 0 Å². The van der Waals surface area contributed by atoms with Crippen LogP contribution in [0, 0.1) is 11.6 Å². The third-order valence-electron chi connectivity index (χ3n) is 6.38. The van der Waals surface area contributed by atoms with Crippen LogP contribution in [0.5, 0.6) is 5.75 Å². The Morgan fingerprint density at radius 2 is 1.88 bits per heavy atom. The van der Waals surface area contributed by atoms with E-state index in [1.165, 1.54) is 34.1 Å². The molecule has 0 radical (unpaired) electrons. The van der Waals surface area contributed by atoms with Crippen LogP contribution in [0.15, 0.2) is 41.3 Å². The number of hydrogen-bond donors (Lipinski definition) is 0.